The first kappa shape index (κ1) is 27.3. The fourth-order valence-corrected chi connectivity index (χ4v) is 5.59. The number of carboxylic acid groups (broad SMARTS) is 1. The van der Waals surface area contributed by atoms with Gasteiger partial charge in [0.2, 0.25) is 11.8 Å². The van der Waals surface area contributed by atoms with Crippen LogP contribution < -0.4 is 10.6 Å². The van der Waals surface area contributed by atoms with Crippen LogP contribution in [0.1, 0.15) is 70.5 Å². The second-order valence-corrected chi connectivity index (χ2v) is 10.7. The Hall–Kier alpha value is -4.26. The molecule has 0 aliphatic carbocycles. The maximum atomic E-state index is 13.6. The van der Waals surface area contributed by atoms with E-state index in [1.54, 1.807) is 24.4 Å². The standard InChI is InChI=1S/C27H33N7O6/c1-31(2)11-10-19(16-14-28-33(15-16)17-8-12-32(13-9-17)27(39)40)29-20-5-3-4-18-23(20)26(38)34(25(18)37)21-6-7-22(35)30-24(21)36/h3-5,14-15,17,19,21,29H,6-13H2,1-2H3,(H,39,40)(H,30,35,36). The van der Waals surface area contributed by atoms with Crippen molar-refractivity contribution in [1.82, 2.24) is 29.8 Å². The zero-order chi connectivity index (χ0) is 28.6. The molecule has 1 aromatic heterocycles. The van der Waals surface area contributed by atoms with Crippen molar-refractivity contribution in [1.29, 1.82) is 0 Å². The summed E-state index contributed by atoms with van der Waals surface area (Å²) >= 11 is 0. The van der Waals surface area contributed by atoms with E-state index in [4.69, 9.17) is 0 Å². The van der Waals surface area contributed by atoms with Crippen LogP contribution in [-0.2, 0) is 9.59 Å². The van der Waals surface area contributed by atoms with Gasteiger partial charge in [-0.2, -0.15) is 5.10 Å². The van der Waals surface area contributed by atoms with Gasteiger partial charge in [-0.05, 0) is 58.5 Å². The number of nitrogens with zero attached hydrogens (tertiary/aromatic N) is 5. The molecule has 40 heavy (non-hydrogen) atoms. The van der Waals surface area contributed by atoms with E-state index in [2.05, 4.69) is 20.6 Å². The van der Waals surface area contributed by atoms with E-state index < -0.39 is 35.8 Å². The molecule has 3 aliphatic rings. The van der Waals surface area contributed by atoms with Crippen molar-refractivity contribution >= 4 is 35.4 Å². The van der Waals surface area contributed by atoms with Gasteiger partial charge in [-0.15, -0.1) is 0 Å². The van der Waals surface area contributed by atoms with E-state index >= 15 is 0 Å². The van der Waals surface area contributed by atoms with Crippen LogP contribution in [0.3, 0.4) is 0 Å². The van der Waals surface area contributed by atoms with E-state index in [0.717, 1.165) is 17.0 Å². The maximum Gasteiger partial charge on any atom is 0.407 e. The van der Waals surface area contributed by atoms with Crippen molar-refractivity contribution in [2.24, 2.45) is 0 Å². The number of piperidine rings is 2. The van der Waals surface area contributed by atoms with Crippen molar-refractivity contribution < 1.29 is 29.1 Å². The predicted molar refractivity (Wildman–Crippen MR) is 143 cm³/mol. The maximum absolute atomic E-state index is 13.6. The minimum Gasteiger partial charge on any atom is -0.465 e. The number of amides is 5. The third kappa shape index (κ3) is 5.28. The Kier molecular flexibility index (Phi) is 7.57. The first-order valence-electron chi connectivity index (χ1n) is 13.4. The van der Waals surface area contributed by atoms with Crippen LogP contribution >= 0.6 is 0 Å². The molecule has 2 fully saturated rings. The molecule has 0 bridgehead atoms. The number of aromatic nitrogens is 2. The average molecular weight is 552 g/mol. The van der Waals surface area contributed by atoms with Gasteiger partial charge in [0.25, 0.3) is 11.8 Å². The van der Waals surface area contributed by atoms with Crippen molar-refractivity contribution in [3.63, 3.8) is 0 Å². The van der Waals surface area contributed by atoms with Gasteiger partial charge in [-0.25, -0.2) is 4.79 Å². The molecule has 3 aliphatic heterocycles. The van der Waals surface area contributed by atoms with E-state index in [1.165, 1.54) is 4.90 Å². The average Bonchev–Trinajstić information content (AvgIpc) is 3.51. The summed E-state index contributed by atoms with van der Waals surface area (Å²) in [5, 5.41) is 19.5. The number of nitrogens with one attached hydrogen (secondary N) is 2. The van der Waals surface area contributed by atoms with Crippen LogP contribution in [0.2, 0.25) is 0 Å². The summed E-state index contributed by atoms with van der Waals surface area (Å²) in [5.41, 5.74) is 1.81. The number of benzene rings is 1. The molecule has 212 valence electrons. The Morgan fingerprint density at radius 1 is 1.15 bits per heavy atom. The van der Waals surface area contributed by atoms with Crippen LogP contribution in [0.4, 0.5) is 10.5 Å². The molecule has 2 aromatic rings. The third-order valence-corrected chi connectivity index (χ3v) is 7.80. The summed E-state index contributed by atoms with van der Waals surface area (Å²) in [6.07, 6.45) is 4.99. The van der Waals surface area contributed by atoms with Gasteiger partial charge in [0.1, 0.15) is 6.04 Å². The highest BCUT2D eigenvalue weighted by Crippen LogP contribution is 2.35. The molecule has 2 atom stereocenters. The fourth-order valence-electron chi connectivity index (χ4n) is 5.59. The van der Waals surface area contributed by atoms with E-state index in [0.29, 0.717) is 38.0 Å². The van der Waals surface area contributed by atoms with Crippen molar-refractivity contribution in [3.05, 3.63) is 47.3 Å². The second-order valence-electron chi connectivity index (χ2n) is 10.7. The topological polar surface area (TPSA) is 157 Å². The zero-order valence-corrected chi connectivity index (χ0v) is 22.5. The summed E-state index contributed by atoms with van der Waals surface area (Å²) in [5.74, 6) is -2.18. The highest BCUT2D eigenvalue weighted by Gasteiger charge is 2.45. The Balaban J connectivity index is 1.38. The van der Waals surface area contributed by atoms with Crippen LogP contribution in [0.15, 0.2) is 30.6 Å². The Morgan fingerprint density at radius 2 is 1.90 bits per heavy atom. The number of hydrogen-bond acceptors (Lipinski definition) is 8. The van der Waals surface area contributed by atoms with Gasteiger partial charge in [-0.1, -0.05) is 6.07 Å². The molecule has 2 unspecified atom stereocenters. The Morgan fingerprint density at radius 3 is 2.58 bits per heavy atom. The molecule has 13 nitrogen and oxygen atoms in total. The number of carbonyl (C=O) groups excluding carboxylic acids is 4. The smallest absolute Gasteiger partial charge is 0.407 e. The normalized spacial score (nSPS) is 20.6. The van der Waals surface area contributed by atoms with E-state index in [9.17, 15) is 29.1 Å². The summed E-state index contributed by atoms with van der Waals surface area (Å²) in [6.45, 7) is 1.64. The van der Waals surface area contributed by atoms with E-state index in [1.807, 2.05) is 25.0 Å². The molecule has 0 saturated carbocycles. The van der Waals surface area contributed by atoms with Crippen molar-refractivity contribution in [2.75, 3.05) is 39.0 Å². The van der Waals surface area contributed by atoms with Crippen LogP contribution in [0, 0.1) is 0 Å². The summed E-state index contributed by atoms with van der Waals surface area (Å²) < 4.78 is 1.88. The fraction of sp³-hybridized carbons (Fsp3) is 0.481. The SMILES string of the molecule is CN(C)CCC(Nc1cccc2c1C(=O)N(C1CCC(=O)NC1=O)C2=O)c1cnn(C2CCN(C(=O)O)CC2)c1. The van der Waals surface area contributed by atoms with Crippen LogP contribution in [-0.4, -0.2) is 99.1 Å². The number of hydrogen-bond donors (Lipinski definition) is 3. The monoisotopic (exact) mass is 551 g/mol. The summed E-state index contributed by atoms with van der Waals surface area (Å²) in [6, 6.07) is 3.82. The number of likely N-dealkylation sites (tertiary alicyclic amines) is 1. The number of imide groups is 2. The molecule has 0 radical (unpaired) electrons. The first-order valence-corrected chi connectivity index (χ1v) is 13.4. The van der Waals surface area contributed by atoms with Crippen molar-refractivity contribution in [3.8, 4) is 0 Å². The lowest BCUT2D eigenvalue weighted by Gasteiger charge is -2.30. The molecule has 1 aromatic carbocycles. The van der Waals surface area contributed by atoms with Gasteiger partial charge in [0.15, 0.2) is 0 Å². The van der Waals surface area contributed by atoms with Gasteiger partial charge in [0.05, 0.1) is 29.4 Å². The number of anilines is 1. The van der Waals surface area contributed by atoms with Gasteiger partial charge in [0, 0.05) is 37.0 Å². The Labute approximate surface area is 231 Å². The summed E-state index contributed by atoms with van der Waals surface area (Å²) in [7, 11) is 3.94. The highest BCUT2D eigenvalue weighted by atomic mass is 16.4. The third-order valence-electron chi connectivity index (χ3n) is 7.80. The minimum atomic E-state index is -1.03. The first-order chi connectivity index (χ1) is 19.1. The predicted octanol–water partition coefficient (Wildman–Crippen LogP) is 1.70. The zero-order valence-electron chi connectivity index (χ0n) is 22.5. The molecule has 4 heterocycles. The molecule has 0 spiro atoms. The minimum absolute atomic E-state index is 0.0564. The van der Waals surface area contributed by atoms with E-state index in [-0.39, 0.29) is 36.1 Å². The molecule has 5 rings (SSSR count). The molecule has 5 amide bonds. The van der Waals surface area contributed by atoms with Gasteiger partial charge < -0.3 is 20.2 Å². The van der Waals surface area contributed by atoms with Crippen molar-refractivity contribution in [2.45, 2.75) is 50.2 Å². The highest BCUT2D eigenvalue weighted by molar-refractivity contribution is 6.25. The lowest BCUT2D eigenvalue weighted by Crippen LogP contribution is -2.54. The molecular weight excluding hydrogens is 518 g/mol. The van der Waals surface area contributed by atoms with Gasteiger partial charge in [-0.3, -0.25) is 34.1 Å². The second kappa shape index (κ2) is 11.1. The number of carbonyl (C=O) groups is 5. The largest absolute Gasteiger partial charge is 0.465 e. The lowest BCUT2D eigenvalue weighted by atomic mass is 10.0. The van der Waals surface area contributed by atoms with Gasteiger partial charge >= 0.3 is 6.09 Å². The number of fused-ring (bicyclic) bond motifs is 1. The van der Waals surface area contributed by atoms with Crippen LogP contribution in [0.5, 0.6) is 0 Å². The quantitative estimate of drug-likeness (QED) is 0.416. The number of rotatable bonds is 8. The molecular formula is C27H33N7O6. The molecule has 13 heteroatoms. The summed E-state index contributed by atoms with van der Waals surface area (Å²) in [4.78, 5) is 66.6. The Bertz CT molecular complexity index is 1350. The molecule has 2 saturated heterocycles. The lowest BCUT2D eigenvalue weighted by molar-refractivity contribution is -0.136. The molecule has 3 N–H and O–H groups in total. The van der Waals surface area contributed by atoms with Crippen LogP contribution in [0.25, 0.3) is 0 Å².